The molecule has 0 bridgehead atoms. The van der Waals surface area contributed by atoms with Gasteiger partial charge in [-0.25, -0.2) is 8.42 Å². The molecule has 0 aromatic heterocycles. The molecule has 1 saturated carbocycles. The quantitative estimate of drug-likeness (QED) is 0.454. The highest BCUT2D eigenvalue weighted by Gasteiger charge is 2.33. The van der Waals surface area contributed by atoms with E-state index < -0.39 is 28.5 Å². The molecule has 1 fully saturated rings. The molecule has 1 atom stereocenters. The molecular weight excluding hydrogens is 510 g/mol. The summed E-state index contributed by atoms with van der Waals surface area (Å²) in [6.45, 7) is 5.38. The van der Waals surface area contributed by atoms with Crippen molar-refractivity contribution in [1.29, 1.82) is 0 Å². The molecule has 0 spiro atoms. The van der Waals surface area contributed by atoms with Crippen molar-refractivity contribution in [3.8, 4) is 0 Å². The number of nitrogens with one attached hydrogen (secondary N) is 1. The fourth-order valence-corrected chi connectivity index (χ4v) is 6.10. The first kappa shape index (κ1) is 29.0. The van der Waals surface area contributed by atoms with E-state index in [0.717, 1.165) is 47.4 Å². The van der Waals surface area contributed by atoms with Crippen molar-refractivity contribution in [2.45, 2.75) is 77.9 Å². The zero-order valence-corrected chi connectivity index (χ0v) is 23.7. The third kappa shape index (κ3) is 7.95. The van der Waals surface area contributed by atoms with E-state index in [1.807, 2.05) is 38.1 Å². The Bertz CT molecular complexity index is 1210. The van der Waals surface area contributed by atoms with Crippen molar-refractivity contribution in [2.75, 3.05) is 17.1 Å². The predicted molar refractivity (Wildman–Crippen MR) is 149 cm³/mol. The van der Waals surface area contributed by atoms with Gasteiger partial charge in [-0.05, 0) is 62.4 Å². The molecule has 0 aliphatic heterocycles. The van der Waals surface area contributed by atoms with Gasteiger partial charge in [0.1, 0.15) is 12.6 Å². The lowest BCUT2D eigenvalue weighted by atomic mass is 9.95. The molecule has 3 rings (SSSR count). The number of carbonyl (C=O) groups excluding carboxylic acids is 2. The summed E-state index contributed by atoms with van der Waals surface area (Å²) >= 11 is 6.08. The van der Waals surface area contributed by atoms with Crippen LogP contribution < -0.4 is 9.62 Å². The van der Waals surface area contributed by atoms with Gasteiger partial charge in [-0.3, -0.25) is 13.9 Å². The zero-order valence-electron chi connectivity index (χ0n) is 22.2. The minimum Gasteiger partial charge on any atom is -0.352 e. The fourth-order valence-electron chi connectivity index (χ4n) is 4.96. The highest BCUT2D eigenvalue weighted by atomic mass is 35.5. The maximum atomic E-state index is 13.9. The van der Waals surface area contributed by atoms with Gasteiger partial charge in [-0.1, -0.05) is 67.6 Å². The summed E-state index contributed by atoms with van der Waals surface area (Å²) in [5.74, 6) is -0.629. The largest absolute Gasteiger partial charge is 0.352 e. The highest BCUT2D eigenvalue weighted by Crippen LogP contribution is 2.26. The Kier molecular flexibility index (Phi) is 10.0. The smallest absolute Gasteiger partial charge is 0.244 e. The van der Waals surface area contributed by atoms with E-state index in [-0.39, 0.29) is 18.5 Å². The normalized spacial score (nSPS) is 15.2. The van der Waals surface area contributed by atoms with Crippen LogP contribution in [0.1, 0.15) is 62.1 Å². The van der Waals surface area contributed by atoms with Gasteiger partial charge in [0, 0.05) is 17.6 Å². The van der Waals surface area contributed by atoms with Crippen molar-refractivity contribution in [3.63, 3.8) is 0 Å². The standard InChI is InChI=1S/C28H38ClN3O4S/c1-5-25(28(34)30-24-12-7-6-8-13-24)31(18-22-11-9-10-20(2)16-22)27(33)19-32(37(4,35)36)26-15-14-23(29)17-21(26)3/h9-11,14-17,24-25H,5-8,12-13,18-19H2,1-4H3,(H,30,34)/t25-/m1/s1. The number of hydrogen-bond acceptors (Lipinski definition) is 4. The van der Waals surface area contributed by atoms with Crippen LogP contribution in [0.3, 0.4) is 0 Å². The zero-order chi connectivity index (χ0) is 27.2. The van der Waals surface area contributed by atoms with E-state index in [1.54, 1.807) is 25.1 Å². The number of carbonyl (C=O) groups is 2. The Morgan fingerprint density at radius 1 is 1.08 bits per heavy atom. The molecule has 1 aliphatic rings. The maximum absolute atomic E-state index is 13.9. The first-order valence-electron chi connectivity index (χ1n) is 12.9. The number of hydrogen-bond donors (Lipinski definition) is 1. The van der Waals surface area contributed by atoms with Crippen molar-refractivity contribution < 1.29 is 18.0 Å². The number of benzene rings is 2. The Hall–Kier alpha value is -2.58. The van der Waals surface area contributed by atoms with Gasteiger partial charge < -0.3 is 10.2 Å². The lowest BCUT2D eigenvalue weighted by Crippen LogP contribution is -2.54. The van der Waals surface area contributed by atoms with Gasteiger partial charge in [0.05, 0.1) is 11.9 Å². The summed E-state index contributed by atoms with van der Waals surface area (Å²) in [5.41, 5.74) is 2.94. The van der Waals surface area contributed by atoms with Gasteiger partial charge in [-0.15, -0.1) is 0 Å². The number of anilines is 1. The van der Waals surface area contributed by atoms with E-state index in [2.05, 4.69) is 5.32 Å². The third-order valence-corrected chi connectivity index (χ3v) is 8.24. The molecule has 2 aromatic rings. The Morgan fingerprint density at radius 3 is 2.38 bits per heavy atom. The summed E-state index contributed by atoms with van der Waals surface area (Å²) in [4.78, 5) is 28.8. The molecule has 1 N–H and O–H groups in total. The monoisotopic (exact) mass is 547 g/mol. The van der Waals surface area contributed by atoms with E-state index >= 15 is 0 Å². The number of halogens is 1. The first-order chi connectivity index (χ1) is 17.5. The van der Waals surface area contributed by atoms with E-state index in [1.165, 1.54) is 11.3 Å². The van der Waals surface area contributed by atoms with Crippen LogP contribution in [-0.2, 0) is 26.2 Å². The minimum atomic E-state index is -3.79. The highest BCUT2D eigenvalue weighted by molar-refractivity contribution is 7.92. The maximum Gasteiger partial charge on any atom is 0.244 e. The first-order valence-corrected chi connectivity index (χ1v) is 15.1. The van der Waals surface area contributed by atoms with Crippen molar-refractivity contribution in [2.24, 2.45) is 0 Å². The average molecular weight is 548 g/mol. The van der Waals surface area contributed by atoms with Crippen LogP contribution in [0.15, 0.2) is 42.5 Å². The second-order valence-corrected chi connectivity index (χ2v) is 12.3. The number of nitrogens with zero attached hydrogens (tertiary/aromatic N) is 2. The molecule has 2 aromatic carbocycles. The van der Waals surface area contributed by atoms with E-state index in [9.17, 15) is 18.0 Å². The molecule has 0 unspecified atom stereocenters. The molecule has 0 saturated heterocycles. The molecule has 2 amide bonds. The van der Waals surface area contributed by atoms with Crippen molar-refractivity contribution >= 4 is 39.1 Å². The van der Waals surface area contributed by atoms with Gasteiger partial charge in [0.15, 0.2) is 0 Å². The van der Waals surface area contributed by atoms with Crippen LogP contribution in [0.4, 0.5) is 5.69 Å². The van der Waals surface area contributed by atoms with Gasteiger partial charge in [-0.2, -0.15) is 0 Å². The van der Waals surface area contributed by atoms with Crippen LogP contribution in [0.5, 0.6) is 0 Å². The second kappa shape index (κ2) is 12.8. The predicted octanol–water partition coefficient (Wildman–Crippen LogP) is 4.98. The summed E-state index contributed by atoms with van der Waals surface area (Å²) in [5, 5.41) is 3.63. The Balaban J connectivity index is 1.93. The molecule has 0 radical (unpaired) electrons. The van der Waals surface area contributed by atoms with Crippen LogP contribution >= 0.6 is 11.6 Å². The number of sulfonamides is 1. The minimum absolute atomic E-state index is 0.107. The number of rotatable bonds is 10. The summed E-state index contributed by atoms with van der Waals surface area (Å²) in [6.07, 6.45) is 6.69. The molecule has 202 valence electrons. The Morgan fingerprint density at radius 2 is 1.78 bits per heavy atom. The van der Waals surface area contributed by atoms with Crippen LogP contribution in [0, 0.1) is 13.8 Å². The number of amides is 2. The fraction of sp³-hybridized carbons (Fsp3) is 0.500. The summed E-state index contributed by atoms with van der Waals surface area (Å²) in [6, 6.07) is 12.0. The molecule has 1 aliphatic carbocycles. The molecule has 7 nitrogen and oxygen atoms in total. The number of aryl methyl sites for hydroxylation is 2. The SMILES string of the molecule is CC[C@H](C(=O)NC1CCCCC1)N(Cc1cccc(C)c1)C(=O)CN(c1ccc(Cl)cc1C)S(C)(=O)=O. The molecular formula is C28H38ClN3O4S. The molecule has 9 heteroatoms. The van der Waals surface area contributed by atoms with Crippen LogP contribution in [0.2, 0.25) is 5.02 Å². The molecule has 37 heavy (non-hydrogen) atoms. The third-order valence-electron chi connectivity index (χ3n) is 6.88. The van der Waals surface area contributed by atoms with Crippen molar-refractivity contribution in [1.82, 2.24) is 10.2 Å². The van der Waals surface area contributed by atoms with Crippen LogP contribution in [-0.4, -0.2) is 50.0 Å². The topological polar surface area (TPSA) is 86.8 Å². The average Bonchev–Trinajstić information content (AvgIpc) is 2.83. The lowest BCUT2D eigenvalue weighted by molar-refractivity contribution is -0.140. The second-order valence-electron chi connectivity index (χ2n) is 9.98. The summed E-state index contributed by atoms with van der Waals surface area (Å²) < 4.78 is 26.7. The van der Waals surface area contributed by atoms with Crippen LogP contribution in [0.25, 0.3) is 0 Å². The van der Waals surface area contributed by atoms with E-state index in [4.69, 9.17) is 11.6 Å². The lowest BCUT2D eigenvalue weighted by Gasteiger charge is -2.34. The van der Waals surface area contributed by atoms with E-state index in [0.29, 0.717) is 22.7 Å². The van der Waals surface area contributed by atoms with Gasteiger partial charge in [0.2, 0.25) is 21.8 Å². The van der Waals surface area contributed by atoms with Crippen molar-refractivity contribution in [3.05, 3.63) is 64.2 Å². The summed E-state index contributed by atoms with van der Waals surface area (Å²) in [7, 11) is -3.79. The molecule has 0 heterocycles. The Labute approximate surface area is 226 Å². The van der Waals surface area contributed by atoms with Gasteiger partial charge >= 0.3 is 0 Å². The van der Waals surface area contributed by atoms with Gasteiger partial charge in [0.25, 0.3) is 0 Å².